The molecule has 0 amide bonds. The molecular weight excluding hydrogens is 150 g/mol. The van der Waals surface area contributed by atoms with Crippen molar-refractivity contribution in [1.82, 2.24) is 4.90 Å². The van der Waals surface area contributed by atoms with Crippen LogP contribution in [-0.4, -0.2) is 29.7 Å². The number of hydrogen-bond acceptors (Lipinski definition) is 2. The van der Waals surface area contributed by atoms with Gasteiger partial charge in [-0.1, -0.05) is 19.4 Å². The maximum absolute atomic E-state index is 8.77. The molecule has 1 N–H and O–H groups in total. The van der Waals surface area contributed by atoms with E-state index < -0.39 is 0 Å². The first-order valence-corrected chi connectivity index (χ1v) is 4.78. The van der Waals surface area contributed by atoms with Crippen molar-refractivity contribution < 1.29 is 5.11 Å². The number of unbranched alkanes of at least 4 members (excludes halogenated alkanes) is 1. The molecule has 0 radical (unpaired) electrons. The van der Waals surface area contributed by atoms with Gasteiger partial charge in [0.05, 0.1) is 6.61 Å². The number of likely N-dealkylation sites (N-methyl/N-ethyl adjacent to an activating group) is 1. The molecule has 0 aromatic rings. The quantitative estimate of drug-likeness (QED) is 0.660. The second kappa shape index (κ2) is 7.17. The molecule has 0 aromatic heterocycles. The molecule has 0 aliphatic rings. The highest BCUT2D eigenvalue weighted by atomic mass is 16.3. The zero-order valence-electron chi connectivity index (χ0n) is 8.51. The van der Waals surface area contributed by atoms with Gasteiger partial charge in [0, 0.05) is 18.8 Å². The van der Waals surface area contributed by atoms with E-state index in [9.17, 15) is 0 Å². The van der Waals surface area contributed by atoms with E-state index in [2.05, 4.69) is 31.7 Å². The van der Waals surface area contributed by atoms with E-state index in [-0.39, 0.29) is 6.61 Å². The molecule has 12 heavy (non-hydrogen) atoms. The molecule has 0 unspecified atom stereocenters. The van der Waals surface area contributed by atoms with Gasteiger partial charge in [0.25, 0.3) is 0 Å². The lowest BCUT2D eigenvalue weighted by Crippen LogP contribution is -2.24. The maximum Gasteiger partial charge on any atom is 0.0606 e. The predicted octanol–water partition coefficient (Wildman–Crippen LogP) is 2.00. The molecule has 0 saturated carbocycles. The average Bonchev–Trinajstić information content (AvgIpc) is 2.10. The van der Waals surface area contributed by atoms with Gasteiger partial charge in [-0.25, -0.2) is 0 Å². The van der Waals surface area contributed by atoms with Gasteiger partial charge < -0.3 is 10.0 Å². The van der Waals surface area contributed by atoms with Crippen molar-refractivity contribution in [3.63, 3.8) is 0 Å². The molecule has 0 spiro atoms. The molecule has 0 aromatic carbocycles. The van der Waals surface area contributed by atoms with Gasteiger partial charge >= 0.3 is 0 Å². The minimum absolute atomic E-state index is 0.241. The lowest BCUT2D eigenvalue weighted by molar-refractivity contribution is 0.231. The summed E-state index contributed by atoms with van der Waals surface area (Å²) in [5.41, 5.74) is 1.29. The Hall–Kier alpha value is -0.500. The van der Waals surface area contributed by atoms with Crippen LogP contribution in [-0.2, 0) is 0 Å². The van der Waals surface area contributed by atoms with Crippen molar-refractivity contribution in [2.45, 2.75) is 33.6 Å². The van der Waals surface area contributed by atoms with E-state index in [1.54, 1.807) is 0 Å². The van der Waals surface area contributed by atoms with Crippen LogP contribution < -0.4 is 0 Å². The van der Waals surface area contributed by atoms with Crippen LogP contribution in [0.5, 0.6) is 0 Å². The lowest BCUT2D eigenvalue weighted by atomic mass is 10.2. The van der Waals surface area contributed by atoms with Crippen molar-refractivity contribution in [1.29, 1.82) is 0 Å². The van der Waals surface area contributed by atoms with Gasteiger partial charge in [0.15, 0.2) is 0 Å². The van der Waals surface area contributed by atoms with Gasteiger partial charge in [0.2, 0.25) is 0 Å². The summed E-state index contributed by atoms with van der Waals surface area (Å²) in [6, 6.07) is 0. The van der Waals surface area contributed by atoms with Crippen LogP contribution in [0, 0.1) is 0 Å². The zero-order valence-corrected chi connectivity index (χ0v) is 8.51. The fourth-order valence-electron chi connectivity index (χ4n) is 1.19. The van der Waals surface area contributed by atoms with Crippen LogP contribution in [0.4, 0.5) is 0 Å². The van der Waals surface area contributed by atoms with E-state index in [1.807, 2.05) is 0 Å². The van der Waals surface area contributed by atoms with E-state index in [1.165, 1.54) is 12.1 Å². The monoisotopic (exact) mass is 171 g/mol. The molecule has 0 saturated heterocycles. The Balaban J connectivity index is 3.91. The summed E-state index contributed by atoms with van der Waals surface area (Å²) in [5.74, 6) is 0. The van der Waals surface area contributed by atoms with Gasteiger partial charge in [0.1, 0.15) is 0 Å². The van der Waals surface area contributed by atoms with Gasteiger partial charge in [-0.15, -0.1) is 0 Å². The van der Waals surface area contributed by atoms with Crippen molar-refractivity contribution in [3.8, 4) is 0 Å². The number of aliphatic hydroxyl groups is 1. The Morgan fingerprint density at radius 1 is 1.42 bits per heavy atom. The van der Waals surface area contributed by atoms with Crippen LogP contribution in [0.3, 0.4) is 0 Å². The molecule has 0 heterocycles. The molecular formula is C10H21NO. The van der Waals surface area contributed by atoms with Crippen molar-refractivity contribution in [2.24, 2.45) is 0 Å². The Labute approximate surface area is 75.9 Å². The van der Waals surface area contributed by atoms with Crippen molar-refractivity contribution in [3.05, 3.63) is 11.8 Å². The Morgan fingerprint density at radius 3 is 2.50 bits per heavy atom. The standard InChI is InChI=1S/C10H21NO/c1-4-6-7-10(3)11(5-2)8-9-12/h7,12H,4-6,8-9H2,1-3H3. The Kier molecular flexibility index (Phi) is 6.87. The fraction of sp³-hybridized carbons (Fsp3) is 0.800. The lowest BCUT2D eigenvalue weighted by Gasteiger charge is -2.22. The van der Waals surface area contributed by atoms with Crippen LogP contribution >= 0.6 is 0 Å². The van der Waals surface area contributed by atoms with Crippen LogP contribution in [0.2, 0.25) is 0 Å². The third-order valence-corrected chi connectivity index (χ3v) is 1.98. The van der Waals surface area contributed by atoms with Gasteiger partial charge in [-0.3, -0.25) is 0 Å². The topological polar surface area (TPSA) is 23.5 Å². The third-order valence-electron chi connectivity index (χ3n) is 1.98. The molecule has 0 aliphatic carbocycles. The van der Waals surface area contributed by atoms with Crippen molar-refractivity contribution in [2.75, 3.05) is 19.7 Å². The number of allylic oxidation sites excluding steroid dienone is 2. The van der Waals surface area contributed by atoms with Crippen LogP contribution in [0.25, 0.3) is 0 Å². The average molecular weight is 171 g/mol. The molecule has 0 bridgehead atoms. The molecule has 0 rings (SSSR count). The predicted molar refractivity (Wildman–Crippen MR) is 53.0 cm³/mol. The minimum atomic E-state index is 0.241. The molecule has 2 nitrogen and oxygen atoms in total. The highest BCUT2D eigenvalue weighted by Crippen LogP contribution is 2.04. The van der Waals surface area contributed by atoms with Crippen LogP contribution in [0.1, 0.15) is 33.6 Å². The molecule has 2 heteroatoms. The fourth-order valence-corrected chi connectivity index (χ4v) is 1.19. The van der Waals surface area contributed by atoms with E-state index in [0.29, 0.717) is 0 Å². The van der Waals surface area contributed by atoms with E-state index >= 15 is 0 Å². The zero-order chi connectivity index (χ0) is 9.40. The third kappa shape index (κ3) is 4.39. The van der Waals surface area contributed by atoms with E-state index in [0.717, 1.165) is 19.5 Å². The summed E-state index contributed by atoms with van der Waals surface area (Å²) in [6.07, 6.45) is 4.56. The summed E-state index contributed by atoms with van der Waals surface area (Å²) >= 11 is 0. The molecule has 0 fully saturated rings. The van der Waals surface area contributed by atoms with Crippen LogP contribution in [0.15, 0.2) is 11.8 Å². The second-order valence-corrected chi connectivity index (χ2v) is 2.94. The number of nitrogens with zero attached hydrogens (tertiary/aromatic N) is 1. The molecule has 72 valence electrons. The number of hydrogen-bond donors (Lipinski definition) is 1. The Morgan fingerprint density at radius 2 is 2.08 bits per heavy atom. The first kappa shape index (κ1) is 11.5. The van der Waals surface area contributed by atoms with Gasteiger partial charge in [-0.2, -0.15) is 0 Å². The summed E-state index contributed by atoms with van der Waals surface area (Å²) in [7, 11) is 0. The highest BCUT2D eigenvalue weighted by molar-refractivity contribution is 4.96. The van der Waals surface area contributed by atoms with E-state index in [4.69, 9.17) is 5.11 Å². The first-order chi connectivity index (χ1) is 5.76. The summed E-state index contributed by atoms with van der Waals surface area (Å²) in [5, 5.41) is 8.77. The van der Waals surface area contributed by atoms with Gasteiger partial charge in [-0.05, 0) is 20.3 Å². The minimum Gasteiger partial charge on any atom is -0.395 e. The largest absolute Gasteiger partial charge is 0.395 e. The van der Waals surface area contributed by atoms with Crippen molar-refractivity contribution >= 4 is 0 Å². The smallest absolute Gasteiger partial charge is 0.0606 e. The normalized spacial score (nSPS) is 11.8. The maximum atomic E-state index is 8.77. The Bertz CT molecular complexity index is 132. The summed E-state index contributed by atoms with van der Waals surface area (Å²) < 4.78 is 0. The molecule has 0 aliphatic heterocycles. The number of aliphatic hydroxyl groups excluding tert-OH is 1. The summed E-state index contributed by atoms with van der Waals surface area (Å²) in [6.45, 7) is 8.36. The first-order valence-electron chi connectivity index (χ1n) is 4.78. The highest BCUT2D eigenvalue weighted by Gasteiger charge is 1.99. The molecule has 0 atom stereocenters. The number of rotatable bonds is 6. The second-order valence-electron chi connectivity index (χ2n) is 2.94. The SMILES string of the molecule is CCCC=C(C)N(CC)CCO. The summed E-state index contributed by atoms with van der Waals surface area (Å²) in [4.78, 5) is 2.19.